The van der Waals surface area contributed by atoms with Gasteiger partial charge in [0.2, 0.25) is 17.6 Å². The molecule has 6 heteroatoms. The Hall–Kier alpha value is -3.15. The van der Waals surface area contributed by atoms with E-state index in [0.717, 1.165) is 22.6 Å². The van der Waals surface area contributed by atoms with Gasteiger partial charge in [0.1, 0.15) is 5.75 Å². The van der Waals surface area contributed by atoms with Gasteiger partial charge in [-0.15, -0.1) is 0 Å². The highest BCUT2D eigenvalue weighted by Gasteiger charge is 2.35. The van der Waals surface area contributed by atoms with Crippen molar-refractivity contribution in [3.05, 3.63) is 59.5 Å². The minimum absolute atomic E-state index is 0.0805. The van der Waals surface area contributed by atoms with Crippen LogP contribution in [0.3, 0.4) is 0 Å². The molecular formula is C23H25N3O3. The molecule has 29 heavy (non-hydrogen) atoms. The standard InChI is InChI=1S/C23H25N3O3/c1-14(2)28-19-8-6-17(7-9-19)22-24-23(29-25-22)18-12-21(27)26(13-18)20-10-5-15(3)11-16(20)4/h5-11,14,18H,12-13H2,1-4H3/t18-/m0/s1. The van der Waals surface area contributed by atoms with E-state index in [1.54, 1.807) is 0 Å². The number of rotatable bonds is 5. The van der Waals surface area contributed by atoms with Gasteiger partial charge in [-0.1, -0.05) is 22.9 Å². The topological polar surface area (TPSA) is 68.5 Å². The second-order valence-corrected chi connectivity index (χ2v) is 7.84. The number of anilines is 1. The maximum absolute atomic E-state index is 12.6. The molecule has 1 fully saturated rings. The first kappa shape index (κ1) is 19.2. The van der Waals surface area contributed by atoms with Gasteiger partial charge >= 0.3 is 0 Å². The molecule has 0 spiro atoms. The summed E-state index contributed by atoms with van der Waals surface area (Å²) in [6, 6.07) is 13.7. The first-order chi connectivity index (χ1) is 13.9. The van der Waals surface area contributed by atoms with Crippen LogP contribution in [0.25, 0.3) is 11.4 Å². The zero-order valence-electron chi connectivity index (χ0n) is 17.2. The quantitative estimate of drug-likeness (QED) is 0.633. The molecule has 0 aliphatic carbocycles. The van der Waals surface area contributed by atoms with Crippen molar-refractivity contribution in [1.29, 1.82) is 0 Å². The summed E-state index contributed by atoms with van der Waals surface area (Å²) in [5, 5.41) is 4.12. The van der Waals surface area contributed by atoms with Crippen LogP contribution in [-0.2, 0) is 4.79 Å². The summed E-state index contributed by atoms with van der Waals surface area (Å²) < 4.78 is 11.2. The van der Waals surface area contributed by atoms with Gasteiger partial charge in [-0.2, -0.15) is 4.98 Å². The number of ether oxygens (including phenoxy) is 1. The average molecular weight is 391 g/mol. The molecule has 1 aliphatic heterocycles. The summed E-state index contributed by atoms with van der Waals surface area (Å²) in [7, 11) is 0. The SMILES string of the molecule is Cc1ccc(N2C[C@@H](c3nc(-c4ccc(OC(C)C)cc4)no3)CC2=O)c(C)c1. The van der Waals surface area contributed by atoms with Crippen LogP contribution in [0.2, 0.25) is 0 Å². The lowest BCUT2D eigenvalue weighted by atomic mass is 10.1. The summed E-state index contributed by atoms with van der Waals surface area (Å²) in [5.41, 5.74) is 4.07. The molecule has 0 unspecified atom stereocenters. The Morgan fingerprint density at radius 2 is 1.90 bits per heavy atom. The highest BCUT2D eigenvalue weighted by molar-refractivity contribution is 5.97. The Kier molecular flexibility index (Phi) is 5.09. The van der Waals surface area contributed by atoms with Crippen molar-refractivity contribution in [2.24, 2.45) is 0 Å². The van der Waals surface area contributed by atoms with Crippen LogP contribution in [0.5, 0.6) is 5.75 Å². The normalized spacial score (nSPS) is 16.7. The summed E-state index contributed by atoms with van der Waals surface area (Å²) >= 11 is 0. The van der Waals surface area contributed by atoms with Crippen LogP contribution in [0.4, 0.5) is 5.69 Å². The van der Waals surface area contributed by atoms with E-state index < -0.39 is 0 Å². The lowest BCUT2D eigenvalue weighted by molar-refractivity contribution is -0.117. The molecule has 3 aromatic rings. The third-order valence-corrected chi connectivity index (χ3v) is 5.04. The molecule has 6 nitrogen and oxygen atoms in total. The number of hydrogen-bond donors (Lipinski definition) is 0. The minimum Gasteiger partial charge on any atom is -0.491 e. The van der Waals surface area contributed by atoms with Gasteiger partial charge in [0, 0.05) is 24.2 Å². The Morgan fingerprint density at radius 1 is 1.14 bits per heavy atom. The van der Waals surface area contributed by atoms with E-state index in [9.17, 15) is 4.79 Å². The fourth-order valence-corrected chi connectivity index (χ4v) is 3.69. The van der Waals surface area contributed by atoms with Crippen molar-refractivity contribution >= 4 is 11.6 Å². The molecule has 1 amide bonds. The molecular weight excluding hydrogens is 366 g/mol. The lowest BCUT2D eigenvalue weighted by Gasteiger charge is -2.19. The second kappa shape index (κ2) is 7.70. The van der Waals surface area contributed by atoms with Gasteiger partial charge in [-0.05, 0) is 63.6 Å². The van der Waals surface area contributed by atoms with Gasteiger partial charge < -0.3 is 14.2 Å². The number of benzene rings is 2. The highest BCUT2D eigenvalue weighted by Crippen LogP contribution is 2.33. The number of aryl methyl sites for hydroxylation is 2. The largest absolute Gasteiger partial charge is 0.491 e. The summed E-state index contributed by atoms with van der Waals surface area (Å²) in [6.07, 6.45) is 0.494. The van der Waals surface area contributed by atoms with E-state index in [1.807, 2.05) is 69.0 Å². The van der Waals surface area contributed by atoms with E-state index in [0.29, 0.717) is 24.7 Å². The molecule has 2 aromatic carbocycles. The summed E-state index contributed by atoms with van der Waals surface area (Å²) in [5.74, 6) is 1.81. The van der Waals surface area contributed by atoms with Gasteiger partial charge in [-0.25, -0.2) is 0 Å². The van der Waals surface area contributed by atoms with Gasteiger partial charge in [0.15, 0.2) is 0 Å². The van der Waals surface area contributed by atoms with E-state index >= 15 is 0 Å². The monoisotopic (exact) mass is 391 g/mol. The van der Waals surface area contributed by atoms with Crippen molar-refractivity contribution in [1.82, 2.24) is 10.1 Å². The van der Waals surface area contributed by atoms with Crippen LogP contribution >= 0.6 is 0 Å². The Balaban J connectivity index is 1.50. The zero-order valence-corrected chi connectivity index (χ0v) is 17.2. The van der Waals surface area contributed by atoms with Crippen molar-refractivity contribution in [2.75, 3.05) is 11.4 Å². The number of nitrogens with zero attached hydrogens (tertiary/aromatic N) is 3. The number of carbonyl (C=O) groups is 1. The molecule has 0 bridgehead atoms. The van der Waals surface area contributed by atoms with E-state index in [4.69, 9.17) is 9.26 Å². The first-order valence-electron chi connectivity index (χ1n) is 9.89. The highest BCUT2D eigenvalue weighted by atomic mass is 16.5. The predicted molar refractivity (Wildman–Crippen MR) is 111 cm³/mol. The predicted octanol–water partition coefficient (Wildman–Crippen LogP) is 4.66. The van der Waals surface area contributed by atoms with Crippen molar-refractivity contribution in [2.45, 2.75) is 46.1 Å². The maximum atomic E-state index is 12.6. The molecule has 2 heterocycles. The molecule has 1 aliphatic rings. The molecule has 0 saturated carbocycles. The molecule has 0 radical (unpaired) electrons. The molecule has 1 saturated heterocycles. The van der Waals surface area contributed by atoms with Crippen molar-refractivity contribution in [3.8, 4) is 17.1 Å². The fraction of sp³-hybridized carbons (Fsp3) is 0.348. The maximum Gasteiger partial charge on any atom is 0.232 e. The van der Waals surface area contributed by atoms with E-state index in [1.165, 1.54) is 5.56 Å². The molecule has 1 aromatic heterocycles. The van der Waals surface area contributed by atoms with Gasteiger partial charge in [0.25, 0.3) is 0 Å². The fourth-order valence-electron chi connectivity index (χ4n) is 3.69. The van der Waals surface area contributed by atoms with Crippen LogP contribution in [0, 0.1) is 13.8 Å². The molecule has 4 rings (SSSR count). The van der Waals surface area contributed by atoms with Crippen LogP contribution in [-0.4, -0.2) is 28.7 Å². The summed E-state index contributed by atoms with van der Waals surface area (Å²) in [4.78, 5) is 19.0. The Bertz CT molecular complexity index is 1020. The number of amides is 1. The van der Waals surface area contributed by atoms with Gasteiger partial charge in [0.05, 0.1) is 12.0 Å². The van der Waals surface area contributed by atoms with Crippen LogP contribution < -0.4 is 9.64 Å². The van der Waals surface area contributed by atoms with E-state index in [-0.39, 0.29) is 17.9 Å². The molecule has 0 N–H and O–H groups in total. The third kappa shape index (κ3) is 4.01. The second-order valence-electron chi connectivity index (χ2n) is 7.84. The van der Waals surface area contributed by atoms with Crippen molar-refractivity contribution < 1.29 is 14.1 Å². The lowest BCUT2D eigenvalue weighted by Crippen LogP contribution is -2.25. The van der Waals surface area contributed by atoms with Crippen LogP contribution in [0.1, 0.15) is 43.2 Å². The van der Waals surface area contributed by atoms with Crippen LogP contribution in [0.15, 0.2) is 47.0 Å². The molecule has 150 valence electrons. The summed E-state index contributed by atoms with van der Waals surface area (Å²) in [6.45, 7) is 8.60. The minimum atomic E-state index is -0.104. The average Bonchev–Trinajstić information content (AvgIpc) is 3.29. The third-order valence-electron chi connectivity index (χ3n) is 5.04. The number of aromatic nitrogens is 2. The van der Waals surface area contributed by atoms with Gasteiger partial charge in [-0.3, -0.25) is 4.79 Å². The van der Waals surface area contributed by atoms with E-state index in [2.05, 4.69) is 16.2 Å². The Morgan fingerprint density at radius 3 is 2.59 bits per heavy atom. The number of carbonyl (C=O) groups excluding carboxylic acids is 1. The van der Waals surface area contributed by atoms with Crippen molar-refractivity contribution in [3.63, 3.8) is 0 Å². The first-order valence-corrected chi connectivity index (χ1v) is 9.89. The zero-order chi connectivity index (χ0) is 20.5. The Labute approximate surface area is 170 Å². The molecule has 1 atom stereocenters. The number of hydrogen-bond acceptors (Lipinski definition) is 5. The smallest absolute Gasteiger partial charge is 0.232 e.